The standard InChI is InChI=1S/C14H13ClN4O2/c1-17-12-11(13(20)18(2)14(17)21)19(8-16-12)7-9-5-3-4-6-10(9)15/h3-6,8H,7H2,1-2H3. The molecule has 0 atom stereocenters. The largest absolute Gasteiger partial charge is 0.332 e. The highest BCUT2D eigenvalue weighted by atomic mass is 35.5. The van der Waals surface area contributed by atoms with Crippen LogP contribution in [0.2, 0.25) is 5.02 Å². The van der Waals surface area contributed by atoms with E-state index in [2.05, 4.69) is 4.98 Å². The first-order chi connectivity index (χ1) is 10.0. The summed E-state index contributed by atoms with van der Waals surface area (Å²) >= 11 is 6.15. The van der Waals surface area contributed by atoms with Gasteiger partial charge in [-0.05, 0) is 11.6 Å². The number of hydrogen-bond acceptors (Lipinski definition) is 3. The molecule has 0 radical (unpaired) electrons. The van der Waals surface area contributed by atoms with Gasteiger partial charge < -0.3 is 4.57 Å². The van der Waals surface area contributed by atoms with Crippen LogP contribution in [0.15, 0.2) is 40.2 Å². The molecule has 0 saturated heterocycles. The topological polar surface area (TPSA) is 61.8 Å². The fraction of sp³-hybridized carbons (Fsp3) is 0.214. The number of rotatable bonds is 2. The molecular weight excluding hydrogens is 292 g/mol. The number of aryl methyl sites for hydroxylation is 1. The van der Waals surface area contributed by atoms with E-state index in [-0.39, 0.29) is 5.56 Å². The molecule has 0 aliphatic carbocycles. The Balaban J connectivity index is 2.24. The van der Waals surface area contributed by atoms with Crippen LogP contribution in [0.1, 0.15) is 5.56 Å². The quantitative estimate of drug-likeness (QED) is 0.713. The highest BCUT2D eigenvalue weighted by molar-refractivity contribution is 6.31. The second kappa shape index (κ2) is 4.89. The molecule has 0 fully saturated rings. The summed E-state index contributed by atoms with van der Waals surface area (Å²) in [4.78, 5) is 28.4. The van der Waals surface area contributed by atoms with E-state index in [1.807, 2.05) is 18.2 Å². The van der Waals surface area contributed by atoms with Crippen LogP contribution in [-0.2, 0) is 20.6 Å². The average molecular weight is 305 g/mol. The van der Waals surface area contributed by atoms with E-state index >= 15 is 0 Å². The number of aromatic nitrogens is 4. The third-order valence-electron chi connectivity index (χ3n) is 3.52. The van der Waals surface area contributed by atoms with Crippen molar-refractivity contribution in [3.63, 3.8) is 0 Å². The lowest BCUT2D eigenvalue weighted by Gasteiger charge is -2.08. The minimum atomic E-state index is -0.393. The van der Waals surface area contributed by atoms with Gasteiger partial charge in [0.05, 0.1) is 12.9 Å². The lowest BCUT2D eigenvalue weighted by molar-refractivity contribution is 0.702. The van der Waals surface area contributed by atoms with Gasteiger partial charge >= 0.3 is 5.69 Å². The van der Waals surface area contributed by atoms with Gasteiger partial charge in [0.2, 0.25) is 0 Å². The molecule has 0 saturated carbocycles. The van der Waals surface area contributed by atoms with Gasteiger partial charge in [0.25, 0.3) is 5.56 Å². The van der Waals surface area contributed by atoms with Crippen LogP contribution >= 0.6 is 11.6 Å². The maximum atomic E-state index is 12.3. The minimum Gasteiger partial charge on any atom is -0.320 e. The fourth-order valence-corrected chi connectivity index (χ4v) is 2.52. The Bertz CT molecular complexity index is 952. The van der Waals surface area contributed by atoms with Crippen molar-refractivity contribution >= 4 is 22.8 Å². The van der Waals surface area contributed by atoms with Gasteiger partial charge in [-0.15, -0.1) is 0 Å². The molecule has 21 heavy (non-hydrogen) atoms. The second-order valence-corrected chi connectivity index (χ2v) is 5.25. The molecule has 0 aliphatic rings. The van der Waals surface area contributed by atoms with Gasteiger partial charge in [-0.1, -0.05) is 29.8 Å². The summed E-state index contributed by atoms with van der Waals surface area (Å²) < 4.78 is 4.14. The molecule has 7 heteroatoms. The predicted molar refractivity (Wildman–Crippen MR) is 80.8 cm³/mol. The number of hydrogen-bond donors (Lipinski definition) is 0. The third kappa shape index (κ3) is 2.08. The third-order valence-corrected chi connectivity index (χ3v) is 3.88. The zero-order chi connectivity index (χ0) is 15.1. The van der Waals surface area contributed by atoms with E-state index < -0.39 is 5.69 Å². The molecule has 0 aliphatic heterocycles. The first-order valence-corrected chi connectivity index (χ1v) is 6.72. The molecule has 108 valence electrons. The van der Waals surface area contributed by atoms with E-state index in [0.29, 0.717) is 22.7 Å². The molecule has 3 aromatic rings. The van der Waals surface area contributed by atoms with Gasteiger partial charge in [-0.2, -0.15) is 0 Å². The molecule has 0 N–H and O–H groups in total. The lowest BCUT2D eigenvalue weighted by Crippen LogP contribution is -2.37. The van der Waals surface area contributed by atoms with Crippen LogP contribution in [-0.4, -0.2) is 18.7 Å². The second-order valence-electron chi connectivity index (χ2n) is 4.84. The summed E-state index contributed by atoms with van der Waals surface area (Å²) in [6.07, 6.45) is 1.55. The van der Waals surface area contributed by atoms with Gasteiger partial charge in [0, 0.05) is 19.1 Å². The molecule has 0 spiro atoms. The Morgan fingerprint density at radius 2 is 1.86 bits per heavy atom. The van der Waals surface area contributed by atoms with Crippen molar-refractivity contribution in [2.75, 3.05) is 0 Å². The predicted octanol–water partition coefficient (Wildman–Crippen LogP) is 1.14. The summed E-state index contributed by atoms with van der Waals surface area (Å²) in [7, 11) is 3.05. The zero-order valence-electron chi connectivity index (χ0n) is 11.6. The molecule has 0 amide bonds. The Morgan fingerprint density at radius 1 is 1.14 bits per heavy atom. The summed E-state index contributed by atoms with van der Waals surface area (Å²) in [5, 5.41) is 0.626. The lowest BCUT2D eigenvalue weighted by atomic mass is 10.2. The Morgan fingerprint density at radius 3 is 2.57 bits per heavy atom. The van der Waals surface area contributed by atoms with Crippen molar-refractivity contribution < 1.29 is 0 Å². The molecule has 2 heterocycles. The van der Waals surface area contributed by atoms with E-state index in [1.165, 1.54) is 11.6 Å². The van der Waals surface area contributed by atoms with Crippen molar-refractivity contribution in [1.82, 2.24) is 18.7 Å². The van der Waals surface area contributed by atoms with Crippen LogP contribution in [0, 0.1) is 0 Å². The maximum Gasteiger partial charge on any atom is 0.332 e. The van der Waals surface area contributed by atoms with Crippen molar-refractivity contribution in [3.05, 3.63) is 62.0 Å². The van der Waals surface area contributed by atoms with Crippen molar-refractivity contribution in [3.8, 4) is 0 Å². The molecule has 1 aromatic carbocycles. The Hall–Kier alpha value is -2.34. The number of nitrogens with zero attached hydrogens (tertiary/aromatic N) is 4. The van der Waals surface area contributed by atoms with Crippen LogP contribution in [0.4, 0.5) is 0 Å². The zero-order valence-corrected chi connectivity index (χ0v) is 12.3. The van der Waals surface area contributed by atoms with Crippen molar-refractivity contribution in [2.24, 2.45) is 14.1 Å². The molecule has 0 unspecified atom stereocenters. The van der Waals surface area contributed by atoms with Gasteiger partial charge in [-0.25, -0.2) is 9.78 Å². The molecular formula is C14H13ClN4O2. The van der Waals surface area contributed by atoms with E-state index in [0.717, 1.165) is 10.1 Å². The summed E-state index contributed by atoms with van der Waals surface area (Å²) in [6.45, 7) is 0.420. The SMILES string of the molecule is Cn1c(=O)c2c(ncn2Cc2ccccc2Cl)n(C)c1=O. The summed E-state index contributed by atoms with van der Waals surface area (Å²) in [6, 6.07) is 7.42. The van der Waals surface area contributed by atoms with Crippen LogP contribution < -0.4 is 11.2 Å². The first kappa shape index (κ1) is 13.6. The van der Waals surface area contributed by atoms with E-state index in [1.54, 1.807) is 24.0 Å². The Labute approximate surface area is 124 Å². The van der Waals surface area contributed by atoms with Gasteiger partial charge in [0.15, 0.2) is 11.2 Å². The van der Waals surface area contributed by atoms with Crippen molar-refractivity contribution in [1.29, 1.82) is 0 Å². The molecule has 3 rings (SSSR count). The monoisotopic (exact) mass is 304 g/mol. The van der Waals surface area contributed by atoms with E-state index in [9.17, 15) is 9.59 Å². The van der Waals surface area contributed by atoms with Crippen molar-refractivity contribution in [2.45, 2.75) is 6.54 Å². The molecule has 6 nitrogen and oxygen atoms in total. The highest BCUT2D eigenvalue weighted by Gasteiger charge is 2.14. The normalized spacial score (nSPS) is 11.2. The van der Waals surface area contributed by atoms with Crippen LogP contribution in [0.25, 0.3) is 11.2 Å². The maximum absolute atomic E-state index is 12.3. The minimum absolute atomic E-state index is 0.363. The summed E-state index contributed by atoms with van der Waals surface area (Å²) in [5.41, 5.74) is 0.886. The number of fused-ring (bicyclic) bond motifs is 1. The number of imidazole rings is 1. The number of benzene rings is 1. The van der Waals surface area contributed by atoms with Crippen LogP contribution in [0.5, 0.6) is 0 Å². The fourth-order valence-electron chi connectivity index (χ4n) is 2.33. The first-order valence-electron chi connectivity index (χ1n) is 6.35. The number of halogens is 1. The van der Waals surface area contributed by atoms with Gasteiger partial charge in [0.1, 0.15) is 0 Å². The summed E-state index contributed by atoms with van der Waals surface area (Å²) in [5.74, 6) is 0. The van der Waals surface area contributed by atoms with Crippen LogP contribution in [0.3, 0.4) is 0 Å². The Kier molecular flexibility index (Phi) is 3.17. The van der Waals surface area contributed by atoms with Gasteiger partial charge in [-0.3, -0.25) is 13.9 Å². The molecule has 0 bridgehead atoms. The molecule has 2 aromatic heterocycles. The van der Waals surface area contributed by atoms with E-state index in [4.69, 9.17) is 11.6 Å². The smallest absolute Gasteiger partial charge is 0.320 e. The average Bonchev–Trinajstić information content (AvgIpc) is 2.89. The highest BCUT2D eigenvalue weighted by Crippen LogP contribution is 2.17.